The van der Waals surface area contributed by atoms with Gasteiger partial charge in [0.05, 0.1) is 0 Å². The zero-order valence-corrected chi connectivity index (χ0v) is 8.99. The first-order valence-electron chi connectivity index (χ1n) is 5.22. The first-order chi connectivity index (χ1) is 6.74. The van der Waals surface area contributed by atoms with Crippen molar-refractivity contribution >= 4 is 5.78 Å². The lowest BCUT2D eigenvalue weighted by Crippen LogP contribution is -2.01. The normalized spacial score (nSPS) is 10.4. The van der Waals surface area contributed by atoms with Gasteiger partial charge in [0.25, 0.3) is 0 Å². The van der Waals surface area contributed by atoms with Gasteiger partial charge in [0.15, 0.2) is 0 Å². The molecule has 0 radical (unpaired) electrons. The summed E-state index contributed by atoms with van der Waals surface area (Å²) in [5.74, 6) is 0.384. The van der Waals surface area contributed by atoms with E-state index in [1.807, 2.05) is 24.7 Å². The molecule has 1 rings (SSSR count). The second-order valence-electron chi connectivity index (χ2n) is 3.59. The molecular weight excluding hydrogens is 176 g/mol. The standard InChI is InChI=1S/C11H18N2O/c1-3-5-11(14)7-4-6-10-8-9-12-13(10)2/h8-9H,3-7H2,1-2H3. The zero-order valence-electron chi connectivity index (χ0n) is 8.99. The molecule has 0 bridgehead atoms. The van der Waals surface area contributed by atoms with E-state index in [0.29, 0.717) is 12.2 Å². The summed E-state index contributed by atoms with van der Waals surface area (Å²) in [6, 6.07) is 2.00. The van der Waals surface area contributed by atoms with E-state index in [0.717, 1.165) is 25.7 Å². The molecule has 0 saturated carbocycles. The smallest absolute Gasteiger partial charge is 0.132 e. The number of aromatic nitrogens is 2. The summed E-state index contributed by atoms with van der Waals surface area (Å²) in [5.41, 5.74) is 1.20. The largest absolute Gasteiger partial charge is 0.300 e. The second-order valence-corrected chi connectivity index (χ2v) is 3.59. The van der Waals surface area contributed by atoms with Crippen LogP contribution in [-0.4, -0.2) is 15.6 Å². The Labute approximate surface area is 85.1 Å². The van der Waals surface area contributed by atoms with Crippen molar-refractivity contribution in [1.82, 2.24) is 9.78 Å². The first kappa shape index (κ1) is 11.0. The molecule has 0 fully saturated rings. The van der Waals surface area contributed by atoms with Gasteiger partial charge < -0.3 is 0 Å². The number of hydrogen-bond acceptors (Lipinski definition) is 2. The van der Waals surface area contributed by atoms with E-state index >= 15 is 0 Å². The van der Waals surface area contributed by atoms with Crippen LogP contribution in [0.2, 0.25) is 0 Å². The van der Waals surface area contributed by atoms with Gasteiger partial charge in [0, 0.05) is 31.8 Å². The fourth-order valence-electron chi connectivity index (χ4n) is 1.52. The predicted octanol–water partition coefficient (Wildman–Crippen LogP) is 2.11. The van der Waals surface area contributed by atoms with Gasteiger partial charge in [-0.05, 0) is 25.3 Å². The molecule has 0 aromatic carbocycles. The molecular formula is C11H18N2O. The van der Waals surface area contributed by atoms with E-state index in [1.54, 1.807) is 6.20 Å². The van der Waals surface area contributed by atoms with Crippen molar-refractivity contribution in [2.75, 3.05) is 0 Å². The Morgan fingerprint density at radius 3 is 2.86 bits per heavy atom. The lowest BCUT2D eigenvalue weighted by molar-refractivity contribution is -0.119. The summed E-state index contributed by atoms with van der Waals surface area (Å²) in [4.78, 5) is 11.2. The van der Waals surface area contributed by atoms with Gasteiger partial charge in [-0.15, -0.1) is 0 Å². The third-order valence-corrected chi connectivity index (χ3v) is 2.34. The minimum absolute atomic E-state index is 0.384. The van der Waals surface area contributed by atoms with E-state index < -0.39 is 0 Å². The molecule has 1 heterocycles. The van der Waals surface area contributed by atoms with Crippen molar-refractivity contribution < 1.29 is 4.79 Å². The lowest BCUT2D eigenvalue weighted by atomic mass is 10.1. The van der Waals surface area contributed by atoms with E-state index in [4.69, 9.17) is 0 Å². The van der Waals surface area contributed by atoms with E-state index in [9.17, 15) is 4.79 Å². The molecule has 0 spiro atoms. The molecule has 14 heavy (non-hydrogen) atoms. The quantitative estimate of drug-likeness (QED) is 0.695. The molecule has 1 aromatic heterocycles. The number of Topliss-reactive ketones (excluding diaryl/α,β-unsaturated/α-hetero) is 1. The van der Waals surface area contributed by atoms with Crippen LogP contribution in [0.1, 0.15) is 38.3 Å². The summed E-state index contributed by atoms with van der Waals surface area (Å²) in [6.45, 7) is 2.04. The highest BCUT2D eigenvalue weighted by atomic mass is 16.1. The number of ketones is 1. The van der Waals surface area contributed by atoms with Crippen LogP contribution in [0.25, 0.3) is 0 Å². The molecule has 0 unspecified atom stereocenters. The van der Waals surface area contributed by atoms with Gasteiger partial charge in [-0.25, -0.2) is 0 Å². The predicted molar refractivity (Wildman–Crippen MR) is 56.1 cm³/mol. The molecule has 0 N–H and O–H groups in total. The van der Waals surface area contributed by atoms with Crippen molar-refractivity contribution in [2.45, 2.75) is 39.0 Å². The molecule has 0 aliphatic carbocycles. The van der Waals surface area contributed by atoms with Crippen LogP contribution in [-0.2, 0) is 18.3 Å². The topological polar surface area (TPSA) is 34.9 Å². The third kappa shape index (κ3) is 3.32. The fraction of sp³-hybridized carbons (Fsp3) is 0.636. The molecule has 78 valence electrons. The Hall–Kier alpha value is -1.12. The van der Waals surface area contributed by atoms with Crippen LogP contribution >= 0.6 is 0 Å². The summed E-state index contributed by atoms with van der Waals surface area (Å²) in [5, 5.41) is 4.08. The van der Waals surface area contributed by atoms with E-state index in [1.165, 1.54) is 5.69 Å². The Kier molecular flexibility index (Phi) is 4.36. The van der Waals surface area contributed by atoms with Crippen LogP contribution in [0.3, 0.4) is 0 Å². The SMILES string of the molecule is CCCC(=O)CCCc1ccnn1C. The number of nitrogens with zero attached hydrogens (tertiary/aromatic N) is 2. The van der Waals surface area contributed by atoms with Crippen molar-refractivity contribution in [1.29, 1.82) is 0 Å². The Bertz CT molecular complexity index is 291. The molecule has 0 amide bonds. The van der Waals surface area contributed by atoms with Crippen LogP contribution in [0.5, 0.6) is 0 Å². The van der Waals surface area contributed by atoms with Gasteiger partial charge in [-0.1, -0.05) is 6.92 Å². The second kappa shape index (κ2) is 5.58. The van der Waals surface area contributed by atoms with Gasteiger partial charge in [0.1, 0.15) is 5.78 Å². The number of carbonyl (C=O) groups is 1. The first-order valence-corrected chi connectivity index (χ1v) is 5.22. The Morgan fingerprint density at radius 2 is 2.29 bits per heavy atom. The Balaban J connectivity index is 2.22. The van der Waals surface area contributed by atoms with Gasteiger partial charge in [0.2, 0.25) is 0 Å². The maximum atomic E-state index is 11.2. The minimum Gasteiger partial charge on any atom is -0.300 e. The van der Waals surface area contributed by atoms with Crippen LogP contribution in [0.4, 0.5) is 0 Å². The summed E-state index contributed by atoms with van der Waals surface area (Å²) < 4.78 is 1.87. The van der Waals surface area contributed by atoms with Crippen LogP contribution in [0, 0.1) is 0 Å². The third-order valence-electron chi connectivity index (χ3n) is 2.34. The number of rotatable bonds is 6. The van der Waals surface area contributed by atoms with Crippen molar-refractivity contribution in [3.8, 4) is 0 Å². The highest BCUT2D eigenvalue weighted by molar-refractivity contribution is 5.78. The highest BCUT2D eigenvalue weighted by Crippen LogP contribution is 2.05. The lowest BCUT2D eigenvalue weighted by Gasteiger charge is -2.01. The summed E-state index contributed by atoms with van der Waals surface area (Å²) >= 11 is 0. The fourth-order valence-corrected chi connectivity index (χ4v) is 1.52. The molecule has 0 aliphatic heterocycles. The van der Waals surface area contributed by atoms with Gasteiger partial charge >= 0.3 is 0 Å². The maximum Gasteiger partial charge on any atom is 0.132 e. The molecule has 0 aliphatic rings. The van der Waals surface area contributed by atoms with Crippen LogP contribution in [0.15, 0.2) is 12.3 Å². The monoisotopic (exact) mass is 194 g/mol. The molecule has 3 heteroatoms. The molecule has 0 atom stereocenters. The van der Waals surface area contributed by atoms with Crippen LogP contribution < -0.4 is 0 Å². The van der Waals surface area contributed by atoms with Gasteiger partial charge in [-0.3, -0.25) is 9.48 Å². The Morgan fingerprint density at radius 1 is 1.50 bits per heavy atom. The number of aryl methyl sites for hydroxylation is 2. The minimum atomic E-state index is 0.384. The average Bonchev–Trinajstić information content (AvgIpc) is 2.52. The van der Waals surface area contributed by atoms with Crippen molar-refractivity contribution in [3.63, 3.8) is 0 Å². The summed E-state index contributed by atoms with van der Waals surface area (Å²) in [6.07, 6.45) is 6.09. The summed E-state index contributed by atoms with van der Waals surface area (Å²) in [7, 11) is 1.93. The van der Waals surface area contributed by atoms with Gasteiger partial charge in [-0.2, -0.15) is 5.10 Å². The van der Waals surface area contributed by atoms with Crippen molar-refractivity contribution in [3.05, 3.63) is 18.0 Å². The zero-order chi connectivity index (χ0) is 10.4. The van der Waals surface area contributed by atoms with Crippen molar-refractivity contribution in [2.24, 2.45) is 7.05 Å². The van der Waals surface area contributed by atoms with E-state index in [-0.39, 0.29) is 0 Å². The maximum absolute atomic E-state index is 11.2. The molecule has 1 aromatic rings. The highest BCUT2D eigenvalue weighted by Gasteiger charge is 2.02. The average molecular weight is 194 g/mol. The molecule has 3 nitrogen and oxygen atoms in total. The van der Waals surface area contributed by atoms with E-state index in [2.05, 4.69) is 5.10 Å². The molecule has 0 saturated heterocycles. The number of hydrogen-bond donors (Lipinski definition) is 0. The number of carbonyl (C=O) groups excluding carboxylic acids is 1.